The van der Waals surface area contributed by atoms with E-state index in [2.05, 4.69) is 14.7 Å². The van der Waals surface area contributed by atoms with E-state index in [1.807, 2.05) is 19.9 Å². The molecule has 0 saturated heterocycles. The van der Waals surface area contributed by atoms with Gasteiger partial charge in [0, 0.05) is 23.0 Å². The van der Waals surface area contributed by atoms with Crippen LogP contribution in [0.2, 0.25) is 0 Å². The molecule has 28 heavy (non-hydrogen) atoms. The highest BCUT2D eigenvalue weighted by molar-refractivity contribution is 5.91. The summed E-state index contributed by atoms with van der Waals surface area (Å²) in [5, 5.41) is 3.88. The van der Waals surface area contributed by atoms with E-state index in [0.29, 0.717) is 22.7 Å². The fourth-order valence-electron chi connectivity index (χ4n) is 3.40. The van der Waals surface area contributed by atoms with E-state index in [4.69, 9.17) is 9.26 Å². The molecular formula is C21H22FN3O3. The van der Waals surface area contributed by atoms with Crippen molar-refractivity contribution in [2.24, 2.45) is 0 Å². The molecule has 1 aliphatic rings. The maximum Gasteiger partial charge on any atom is 0.340 e. The Kier molecular flexibility index (Phi) is 4.53. The molecule has 0 amide bonds. The van der Waals surface area contributed by atoms with Crippen molar-refractivity contribution in [1.82, 2.24) is 14.7 Å². The lowest BCUT2D eigenvalue weighted by atomic mass is 10.1. The lowest BCUT2D eigenvalue weighted by molar-refractivity contribution is 0.0264. The van der Waals surface area contributed by atoms with E-state index in [-0.39, 0.29) is 17.5 Å². The number of aromatic nitrogens is 3. The number of hydrogen-bond donors (Lipinski definition) is 0. The highest BCUT2D eigenvalue weighted by Gasteiger charge is 2.29. The lowest BCUT2D eigenvalue weighted by Crippen LogP contribution is -2.11. The molecule has 2 heterocycles. The molecule has 4 rings (SSSR count). The molecule has 0 radical (unpaired) electrons. The van der Waals surface area contributed by atoms with E-state index < -0.39 is 12.1 Å². The topological polar surface area (TPSA) is 70.2 Å². The van der Waals surface area contributed by atoms with E-state index in [0.717, 1.165) is 24.2 Å². The lowest BCUT2D eigenvalue weighted by Gasteiger charge is -2.10. The summed E-state index contributed by atoms with van der Waals surface area (Å²) in [6.45, 7) is 7.29. The van der Waals surface area contributed by atoms with Crippen molar-refractivity contribution >= 4 is 5.97 Å². The second-order valence-corrected chi connectivity index (χ2v) is 7.35. The molecule has 0 bridgehead atoms. The van der Waals surface area contributed by atoms with Crippen LogP contribution in [0.15, 0.2) is 28.8 Å². The van der Waals surface area contributed by atoms with Gasteiger partial charge in [-0.2, -0.15) is 4.98 Å². The average Bonchev–Trinajstić information content (AvgIpc) is 3.26. The van der Waals surface area contributed by atoms with Crippen LogP contribution in [0.3, 0.4) is 0 Å². The van der Waals surface area contributed by atoms with Gasteiger partial charge in [-0.1, -0.05) is 17.3 Å². The van der Waals surface area contributed by atoms with Crippen molar-refractivity contribution in [2.75, 3.05) is 0 Å². The van der Waals surface area contributed by atoms with Crippen LogP contribution in [-0.4, -0.2) is 20.7 Å². The molecule has 1 atom stereocenters. The quantitative estimate of drug-likeness (QED) is 0.589. The summed E-state index contributed by atoms with van der Waals surface area (Å²) in [5.41, 5.74) is 3.57. The number of benzene rings is 1. The molecule has 6 nitrogen and oxygen atoms in total. The summed E-state index contributed by atoms with van der Waals surface area (Å²) < 4.78 is 26.7. The molecule has 146 valence electrons. The maximum atomic E-state index is 13.8. The molecule has 0 N–H and O–H groups in total. The first-order valence-electron chi connectivity index (χ1n) is 9.34. The molecule has 0 aliphatic heterocycles. The van der Waals surface area contributed by atoms with E-state index in [1.165, 1.54) is 6.07 Å². The third-order valence-corrected chi connectivity index (χ3v) is 5.12. The monoisotopic (exact) mass is 383 g/mol. The standard InChI is InChI=1S/C21H22FN3O3/c1-11-5-6-15(10-18(11)22)19-23-20(28-24-19)14(4)27-21(26)17-9-12(2)25(13(17)3)16-7-8-16/h5-6,9-10,14,16H,7-8H2,1-4H3/t14-/m0/s1. The zero-order chi connectivity index (χ0) is 20.0. The zero-order valence-electron chi connectivity index (χ0n) is 16.3. The minimum Gasteiger partial charge on any atom is -0.449 e. The number of aryl methyl sites for hydroxylation is 2. The zero-order valence-corrected chi connectivity index (χ0v) is 16.3. The van der Waals surface area contributed by atoms with E-state index in [9.17, 15) is 9.18 Å². The van der Waals surface area contributed by atoms with Gasteiger partial charge >= 0.3 is 5.97 Å². The Morgan fingerprint density at radius 2 is 2.04 bits per heavy atom. The summed E-state index contributed by atoms with van der Waals surface area (Å²) in [7, 11) is 0. The smallest absolute Gasteiger partial charge is 0.340 e. The fourth-order valence-corrected chi connectivity index (χ4v) is 3.40. The number of carbonyl (C=O) groups is 1. The summed E-state index contributed by atoms with van der Waals surface area (Å²) in [6, 6.07) is 7.08. The molecule has 1 aliphatic carbocycles. The van der Waals surface area contributed by atoms with Crippen molar-refractivity contribution < 1.29 is 18.4 Å². The average molecular weight is 383 g/mol. The summed E-state index contributed by atoms with van der Waals surface area (Å²) in [4.78, 5) is 16.9. The number of halogens is 1. The Labute approximate surface area is 162 Å². The number of esters is 1. The van der Waals surface area contributed by atoms with Gasteiger partial charge in [-0.15, -0.1) is 0 Å². The molecule has 1 aromatic carbocycles. The Balaban J connectivity index is 1.50. The van der Waals surface area contributed by atoms with Crippen molar-refractivity contribution in [3.8, 4) is 11.4 Å². The second kappa shape index (κ2) is 6.89. The molecule has 1 saturated carbocycles. The summed E-state index contributed by atoms with van der Waals surface area (Å²) in [6.07, 6.45) is 1.57. The van der Waals surface area contributed by atoms with Gasteiger partial charge < -0.3 is 13.8 Å². The highest BCUT2D eigenvalue weighted by atomic mass is 19.1. The Morgan fingerprint density at radius 1 is 1.29 bits per heavy atom. The Bertz CT molecular complexity index is 1050. The molecule has 3 aromatic rings. The maximum absolute atomic E-state index is 13.8. The summed E-state index contributed by atoms with van der Waals surface area (Å²) >= 11 is 0. The number of ether oxygens (including phenoxy) is 1. The first-order chi connectivity index (χ1) is 13.3. The third kappa shape index (κ3) is 3.32. The van der Waals surface area contributed by atoms with Gasteiger partial charge in [0.2, 0.25) is 5.82 Å². The highest BCUT2D eigenvalue weighted by Crippen LogP contribution is 2.38. The van der Waals surface area contributed by atoms with Gasteiger partial charge in [-0.25, -0.2) is 9.18 Å². The van der Waals surface area contributed by atoms with E-state index >= 15 is 0 Å². The van der Waals surface area contributed by atoms with Crippen LogP contribution in [0.25, 0.3) is 11.4 Å². The first-order valence-corrected chi connectivity index (χ1v) is 9.34. The van der Waals surface area contributed by atoms with Crippen molar-refractivity contribution in [3.05, 3.63) is 58.5 Å². The number of carbonyl (C=O) groups excluding carboxylic acids is 1. The van der Waals surface area contributed by atoms with Crippen molar-refractivity contribution in [3.63, 3.8) is 0 Å². The SMILES string of the molecule is Cc1ccc(-c2noc([C@H](C)OC(=O)c3cc(C)n(C4CC4)c3C)n2)cc1F. The largest absolute Gasteiger partial charge is 0.449 e. The van der Waals surface area contributed by atoms with Gasteiger partial charge in [-0.3, -0.25) is 0 Å². The molecular weight excluding hydrogens is 361 g/mol. The van der Waals surface area contributed by atoms with Crippen LogP contribution in [0.4, 0.5) is 4.39 Å². The third-order valence-electron chi connectivity index (χ3n) is 5.12. The minimum absolute atomic E-state index is 0.167. The van der Waals surface area contributed by atoms with Crippen LogP contribution >= 0.6 is 0 Å². The number of rotatable bonds is 5. The van der Waals surface area contributed by atoms with Crippen LogP contribution in [0, 0.1) is 26.6 Å². The van der Waals surface area contributed by atoms with Crippen LogP contribution < -0.4 is 0 Å². The van der Waals surface area contributed by atoms with Crippen LogP contribution in [0.5, 0.6) is 0 Å². The van der Waals surface area contributed by atoms with Gasteiger partial charge in [0.15, 0.2) is 6.10 Å². The number of hydrogen-bond acceptors (Lipinski definition) is 5. The Morgan fingerprint density at radius 3 is 2.71 bits per heavy atom. The normalized spacial score (nSPS) is 14.9. The number of nitrogens with zero attached hydrogens (tertiary/aromatic N) is 3. The molecule has 1 fully saturated rings. The van der Waals surface area contributed by atoms with Crippen molar-refractivity contribution in [2.45, 2.75) is 52.7 Å². The van der Waals surface area contributed by atoms with Gasteiger partial charge in [0.25, 0.3) is 5.89 Å². The summed E-state index contributed by atoms with van der Waals surface area (Å²) in [5.74, 6) is -0.341. The predicted molar refractivity (Wildman–Crippen MR) is 100 cm³/mol. The molecule has 0 unspecified atom stereocenters. The molecule has 2 aromatic heterocycles. The van der Waals surface area contributed by atoms with E-state index in [1.54, 1.807) is 26.0 Å². The van der Waals surface area contributed by atoms with Crippen molar-refractivity contribution in [1.29, 1.82) is 0 Å². The van der Waals surface area contributed by atoms with Gasteiger partial charge in [-0.05, 0) is 58.2 Å². The Hall–Kier alpha value is -2.96. The van der Waals surface area contributed by atoms with Gasteiger partial charge in [0.05, 0.1) is 5.56 Å². The second-order valence-electron chi connectivity index (χ2n) is 7.35. The van der Waals surface area contributed by atoms with Crippen LogP contribution in [-0.2, 0) is 4.74 Å². The van der Waals surface area contributed by atoms with Gasteiger partial charge in [0.1, 0.15) is 5.82 Å². The predicted octanol–water partition coefficient (Wildman–Crippen LogP) is 4.86. The van der Waals surface area contributed by atoms with Crippen LogP contribution in [0.1, 0.15) is 65.1 Å². The molecule has 0 spiro atoms. The fraction of sp³-hybridized carbons (Fsp3) is 0.381. The minimum atomic E-state index is -0.715. The molecule has 7 heteroatoms. The first kappa shape index (κ1) is 18.4.